The lowest BCUT2D eigenvalue weighted by Gasteiger charge is -2.17. The highest BCUT2D eigenvalue weighted by molar-refractivity contribution is 8.00. The van der Waals surface area contributed by atoms with Crippen LogP contribution < -0.4 is 10.6 Å². The number of rotatable bonds is 8. The van der Waals surface area contributed by atoms with Crippen molar-refractivity contribution in [2.75, 3.05) is 5.32 Å². The predicted octanol–water partition coefficient (Wildman–Crippen LogP) is 5.17. The van der Waals surface area contributed by atoms with Crippen molar-refractivity contribution in [2.45, 2.75) is 30.0 Å². The van der Waals surface area contributed by atoms with Gasteiger partial charge in [-0.2, -0.15) is 0 Å². The first kappa shape index (κ1) is 21.9. The standard InChI is InChI=1S/C23H22ClN3O2S/c1-2-21(30-18-11-9-17(24)10-12-18)23(29)27-20-8-4-3-7-19(20)22(28)26-15-16-6-5-13-25-14-16/h3-14,21H,2,15H2,1H3,(H,26,28)(H,27,29)/t21-/m1/s1. The number of pyridine rings is 1. The van der Waals surface area contributed by atoms with Gasteiger partial charge in [-0.05, 0) is 54.4 Å². The lowest BCUT2D eigenvalue weighted by molar-refractivity contribution is -0.115. The second kappa shape index (κ2) is 10.8. The molecule has 0 bridgehead atoms. The molecule has 0 saturated carbocycles. The Morgan fingerprint density at radius 1 is 1.07 bits per heavy atom. The maximum Gasteiger partial charge on any atom is 0.253 e. The van der Waals surface area contributed by atoms with Crippen molar-refractivity contribution in [1.82, 2.24) is 10.3 Å². The van der Waals surface area contributed by atoms with Crippen LogP contribution in [0.15, 0.2) is 78.0 Å². The third-order valence-electron chi connectivity index (χ3n) is 4.36. The summed E-state index contributed by atoms with van der Waals surface area (Å²) in [6.45, 7) is 2.32. The minimum absolute atomic E-state index is 0.148. The van der Waals surface area contributed by atoms with E-state index in [1.165, 1.54) is 11.8 Å². The van der Waals surface area contributed by atoms with E-state index in [0.29, 0.717) is 29.2 Å². The second-order valence-electron chi connectivity index (χ2n) is 6.55. The fourth-order valence-electron chi connectivity index (χ4n) is 2.78. The van der Waals surface area contributed by atoms with Crippen LogP contribution in [0.3, 0.4) is 0 Å². The van der Waals surface area contributed by atoms with E-state index in [0.717, 1.165) is 10.5 Å². The Morgan fingerprint density at radius 2 is 1.83 bits per heavy atom. The van der Waals surface area contributed by atoms with Crippen LogP contribution in [0.5, 0.6) is 0 Å². The van der Waals surface area contributed by atoms with Crippen LogP contribution in [0.25, 0.3) is 0 Å². The fourth-order valence-corrected chi connectivity index (χ4v) is 3.86. The van der Waals surface area contributed by atoms with Crippen molar-refractivity contribution in [3.8, 4) is 0 Å². The zero-order valence-electron chi connectivity index (χ0n) is 16.5. The molecule has 2 N–H and O–H groups in total. The van der Waals surface area contributed by atoms with Gasteiger partial charge in [-0.25, -0.2) is 0 Å². The molecule has 0 saturated heterocycles. The van der Waals surface area contributed by atoms with Gasteiger partial charge in [-0.1, -0.05) is 36.7 Å². The third-order valence-corrected chi connectivity index (χ3v) is 5.99. The number of halogens is 1. The van der Waals surface area contributed by atoms with Crippen molar-refractivity contribution in [3.63, 3.8) is 0 Å². The summed E-state index contributed by atoms with van der Waals surface area (Å²) < 4.78 is 0. The van der Waals surface area contributed by atoms with Gasteiger partial charge in [-0.15, -0.1) is 11.8 Å². The van der Waals surface area contributed by atoms with Gasteiger partial charge >= 0.3 is 0 Å². The van der Waals surface area contributed by atoms with E-state index in [1.54, 1.807) is 48.8 Å². The van der Waals surface area contributed by atoms with Gasteiger partial charge in [0.25, 0.3) is 5.91 Å². The summed E-state index contributed by atoms with van der Waals surface area (Å²) in [5.74, 6) is -0.405. The summed E-state index contributed by atoms with van der Waals surface area (Å²) in [5.41, 5.74) is 1.81. The number of amides is 2. The third kappa shape index (κ3) is 6.08. The summed E-state index contributed by atoms with van der Waals surface area (Å²) >= 11 is 7.40. The Labute approximate surface area is 185 Å². The van der Waals surface area contributed by atoms with Crippen molar-refractivity contribution < 1.29 is 9.59 Å². The largest absolute Gasteiger partial charge is 0.348 e. The number of hydrogen-bond acceptors (Lipinski definition) is 4. The lowest BCUT2D eigenvalue weighted by Crippen LogP contribution is -2.28. The Kier molecular flexibility index (Phi) is 7.88. The normalized spacial score (nSPS) is 11.5. The SMILES string of the molecule is CC[C@@H](Sc1ccc(Cl)cc1)C(=O)Nc1ccccc1C(=O)NCc1cccnc1. The molecule has 0 spiro atoms. The van der Waals surface area contributed by atoms with Gasteiger partial charge < -0.3 is 10.6 Å². The molecule has 0 aliphatic carbocycles. The number of aromatic nitrogens is 1. The number of para-hydroxylation sites is 1. The molecular weight excluding hydrogens is 418 g/mol. The van der Waals surface area contributed by atoms with E-state index >= 15 is 0 Å². The molecule has 0 unspecified atom stereocenters. The van der Waals surface area contributed by atoms with Gasteiger partial charge in [0.15, 0.2) is 0 Å². The topological polar surface area (TPSA) is 71.1 Å². The van der Waals surface area contributed by atoms with Gasteiger partial charge in [-0.3, -0.25) is 14.6 Å². The molecule has 2 aromatic carbocycles. The Hall–Kier alpha value is -2.83. The molecular formula is C23H22ClN3O2S. The maximum absolute atomic E-state index is 12.9. The number of benzene rings is 2. The highest BCUT2D eigenvalue weighted by Crippen LogP contribution is 2.28. The summed E-state index contributed by atoms with van der Waals surface area (Å²) in [7, 11) is 0. The minimum Gasteiger partial charge on any atom is -0.348 e. The molecule has 30 heavy (non-hydrogen) atoms. The molecule has 0 aliphatic heterocycles. The molecule has 7 heteroatoms. The zero-order valence-corrected chi connectivity index (χ0v) is 18.0. The van der Waals surface area contributed by atoms with Crippen LogP contribution in [-0.4, -0.2) is 22.0 Å². The van der Waals surface area contributed by atoms with E-state index in [2.05, 4.69) is 15.6 Å². The lowest BCUT2D eigenvalue weighted by atomic mass is 10.1. The van der Waals surface area contributed by atoms with Crippen molar-refractivity contribution in [1.29, 1.82) is 0 Å². The summed E-state index contributed by atoms with van der Waals surface area (Å²) in [4.78, 5) is 30.6. The minimum atomic E-state index is -0.294. The highest BCUT2D eigenvalue weighted by atomic mass is 35.5. The number of carbonyl (C=O) groups is 2. The molecule has 1 aromatic heterocycles. The second-order valence-corrected chi connectivity index (χ2v) is 8.26. The number of hydrogen-bond donors (Lipinski definition) is 2. The summed E-state index contributed by atoms with van der Waals surface area (Å²) in [5, 5.41) is 6.14. The average Bonchev–Trinajstić information content (AvgIpc) is 2.78. The van der Waals surface area contributed by atoms with Gasteiger partial charge in [0.2, 0.25) is 5.91 Å². The number of thioether (sulfide) groups is 1. The van der Waals surface area contributed by atoms with Gasteiger partial charge in [0.1, 0.15) is 0 Å². The molecule has 0 radical (unpaired) electrons. The number of nitrogens with one attached hydrogen (secondary N) is 2. The van der Waals surface area contributed by atoms with E-state index < -0.39 is 0 Å². The van der Waals surface area contributed by atoms with Gasteiger partial charge in [0, 0.05) is 28.9 Å². The van der Waals surface area contributed by atoms with Crippen molar-refractivity contribution in [2.24, 2.45) is 0 Å². The Balaban J connectivity index is 1.67. The average molecular weight is 440 g/mol. The fraction of sp³-hybridized carbons (Fsp3) is 0.174. The molecule has 3 aromatic rings. The first-order valence-corrected chi connectivity index (χ1v) is 10.8. The summed E-state index contributed by atoms with van der Waals surface area (Å²) in [6, 6.07) is 18.1. The molecule has 5 nitrogen and oxygen atoms in total. The first-order valence-electron chi connectivity index (χ1n) is 9.56. The van der Waals surface area contributed by atoms with Gasteiger partial charge in [0.05, 0.1) is 16.5 Å². The van der Waals surface area contributed by atoms with Crippen LogP contribution in [-0.2, 0) is 11.3 Å². The Morgan fingerprint density at radius 3 is 2.53 bits per heavy atom. The smallest absolute Gasteiger partial charge is 0.253 e. The number of carbonyl (C=O) groups excluding carboxylic acids is 2. The maximum atomic E-state index is 12.9. The summed E-state index contributed by atoms with van der Waals surface area (Å²) in [6.07, 6.45) is 4.03. The first-order chi connectivity index (χ1) is 14.6. The zero-order chi connectivity index (χ0) is 21.3. The van der Waals surface area contributed by atoms with E-state index in [4.69, 9.17) is 11.6 Å². The predicted molar refractivity (Wildman–Crippen MR) is 122 cm³/mol. The molecule has 1 atom stereocenters. The quantitative estimate of drug-likeness (QED) is 0.475. The molecule has 0 fully saturated rings. The molecule has 3 rings (SSSR count). The molecule has 1 heterocycles. The molecule has 0 aliphatic rings. The monoisotopic (exact) mass is 439 g/mol. The molecule has 154 valence electrons. The van der Waals surface area contributed by atoms with E-state index in [1.807, 2.05) is 31.2 Å². The van der Waals surface area contributed by atoms with E-state index in [-0.39, 0.29) is 17.1 Å². The van der Waals surface area contributed by atoms with Crippen molar-refractivity contribution in [3.05, 3.63) is 89.2 Å². The highest BCUT2D eigenvalue weighted by Gasteiger charge is 2.20. The Bertz CT molecular complexity index is 997. The van der Waals surface area contributed by atoms with Crippen LogP contribution in [0.4, 0.5) is 5.69 Å². The van der Waals surface area contributed by atoms with Crippen LogP contribution in [0.1, 0.15) is 29.3 Å². The van der Waals surface area contributed by atoms with Crippen molar-refractivity contribution >= 4 is 40.9 Å². The number of nitrogens with zero attached hydrogens (tertiary/aromatic N) is 1. The van der Waals surface area contributed by atoms with Crippen LogP contribution in [0.2, 0.25) is 5.02 Å². The number of anilines is 1. The van der Waals surface area contributed by atoms with Crippen LogP contribution >= 0.6 is 23.4 Å². The van der Waals surface area contributed by atoms with Crippen LogP contribution in [0, 0.1) is 0 Å². The molecule has 2 amide bonds. The van der Waals surface area contributed by atoms with E-state index in [9.17, 15) is 9.59 Å².